The van der Waals surface area contributed by atoms with Crippen molar-refractivity contribution in [3.63, 3.8) is 0 Å². The van der Waals surface area contributed by atoms with Crippen LogP contribution in [0.25, 0.3) is 5.69 Å². The highest BCUT2D eigenvalue weighted by atomic mass is 19.4. The molecule has 8 nitrogen and oxygen atoms in total. The van der Waals surface area contributed by atoms with Gasteiger partial charge in [-0.05, 0) is 32.0 Å². The Kier molecular flexibility index (Phi) is 7.12. The first-order valence-electron chi connectivity index (χ1n) is 10.1. The third kappa shape index (κ3) is 5.64. The number of amides is 1. The van der Waals surface area contributed by atoms with Crippen LogP contribution < -0.4 is 4.74 Å². The van der Waals surface area contributed by atoms with Crippen molar-refractivity contribution >= 4 is 5.91 Å². The van der Waals surface area contributed by atoms with Crippen molar-refractivity contribution in [3.05, 3.63) is 59.8 Å². The molecule has 13 heteroatoms. The van der Waals surface area contributed by atoms with Crippen molar-refractivity contribution in [1.82, 2.24) is 29.9 Å². The van der Waals surface area contributed by atoms with Crippen molar-refractivity contribution in [1.29, 1.82) is 0 Å². The van der Waals surface area contributed by atoms with Gasteiger partial charge >= 0.3 is 6.18 Å². The van der Waals surface area contributed by atoms with Crippen molar-refractivity contribution < 1.29 is 31.5 Å². The van der Waals surface area contributed by atoms with Gasteiger partial charge in [0.1, 0.15) is 12.3 Å². The van der Waals surface area contributed by atoms with E-state index in [1.165, 1.54) is 17.3 Å². The normalized spacial score (nSPS) is 12.9. The van der Waals surface area contributed by atoms with Crippen LogP contribution >= 0.6 is 0 Å². The van der Waals surface area contributed by atoms with Gasteiger partial charge in [0.2, 0.25) is 5.88 Å². The summed E-state index contributed by atoms with van der Waals surface area (Å²) in [6.07, 6.45) is -0.108. The van der Waals surface area contributed by atoms with Crippen LogP contribution in [0.1, 0.15) is 42.4 Å². The van der Waals surface area contributed by atoms with Gasteiger partial charge in [0.15, 0.2) is 0 Å². The van der Waals surface area contributed by atoms with Crippen LogP contribution in [0.3, 0.4) is 0 Å². The van der Waals surface area contributed by atoms with Crippen LogP contribution in [0, 0.1) is 0 Å². The lowest BCUT2D eigenvalue weighted by Crippen LogP contribution is -2.42. The molecule has 0 aliphatic carbocycles. The molecular weight excluding hydrogens is 463 g/mol. The highest BCUT2D eigenvalue weighted by Gasteiger charge is 2.33. The molecule has 1 unspecified atom stereocenters. The van der Waals surface area contributed by atoms with Gasteiger partial charge in [0.25, 0.3) is 11.8 Å². The molecule has 1 aromatic carbocycles. The van der Waals surface area contributed by atoms with E-state index in [1.807, 2.05) is 0 Å². The van der Waals surface area contributed by atoms with Crippen LogP contribution in [0.4, 0.5) is 22.0 Å². The first-order valence-corrected chi connectivity index (χ1v) is 10.1. The van der Waals surface area contributed by atoms with Crippen molar-refractivity contribution in [3.8, 4) is 11.6 Å². The van der Waals surface area contributed by atoms with E-state index >= 15 is 0 Å². The van der Waals surface area contributed by atoms with Crippen LogP contribution in [-0.2, 0) is 12.1 Å². The molecule has 1 atom stereocenters. The minimum Gasteiger partial charge on any atom is -0.474 e. The standard InChI is InChI=1S/C21H21F5N6O2/c1-4-31(13(2)12-34-18-11-27-17(10-28-18)20(3,22)23)19(33)15-6-5-14(21(24,25)26)9-16(15)32-29-7-8-30-32/h5-11,13H,4,12H2,1-3H3. The van der Waals surface area contributed by atoms with Gasteiger partial charge in [0, 0.05) is 13.5 Å². The van der Waals surface area contributed by atoms with Gasteiger partial charge in [-0.3, -0.25) is 4.79 Å². The molecule has 0 aliphatic rings. The highest BCUT2D eigenvalue weighted by Crippen LogP contribution is 2.32. The predicted molar refractivity (Wildman–Crippen MR) is 110 cm³/mol. The number of carbonyl (C=O) groups is 1. The molecule has 0 radical (unpaired) electrons. The second-order valence-corrected chi connectivity index (χ2v) is 7.43. The van der Waals surface area contributed by atoms with Crippen molar-refractivity contribution in [2.75, 3.05) is 13.2 Å². The number of carbonyl (C=O) groups excluding carboxylic acids is 1. The molecule has 2 heterocycles. The Morgan fingerprint density at radius 1 is 1.12 bits per heavy atom. The number of hydrogen-bond acceptors (Lipinski definition) is 6. The molecule has 0 bridgehead atoms. The lowest BCUT2D eigenvalue weighted by atomic mass is 10.1. The van der Waals surface area contributed by atoms with Gasteiger partial charge in [-0.15, -0.1) is 0 Å². The Morgan fingerprint density at radius 3 is 2.32 bits per heavy atom. The second-order valence-electron chi connectivity index (χ2n) is 7.43. The molecule has 0 N–H and O–H groups in total. The predicted octanol–water partition coefficient (Wildman–Crippen LogP) is 4.12. The Morgan fingerprint density at radius 2 is 1.79 bits per heavy atom. The van der Waals surface area contributed by atoms with Gasteiger partial charge in [-0.1, -0.05) is 0 Å². The minimum absolute atomic E-state index is 0.0145. The molecule has 0 spiro atoms. The fourth-order valence-corrected chi connectivity index (χ4v) is 3.12. The minimum atomic E-state index is -4.62. The van der Waals surface area contributed by atoms with Gasteiger partial charge in [-0.25, -0.2) is 9.97 Å². The van der Waals surface area contributed by atoms with Crippen molar-refractivity contribution in [2.24, 2.45) is 0 Å². The zero-order valence-corrected chi connectivity index (χ0v) is 18.4. The molecule has 3 rings (SSSR count). The largest absolute Gasteiger partial charge is 0.474 e. The molecule has 3 aromatic rings. The van der Waals surface area contributed by atoms with E-state index < -0.39 is 35.3 Å². The maximum absolute atomic E-state index is 13.3. The van der Waals surface area contributed by atoms with Crippen LogP contribution in [-0.4, -0.2) is 55.0 Å². The number of likely N-dealkylation sites (N-methyl/N-ethyl adjacent to an activating group) is 1. The lowest BCUT2D eigenvalue weighted by molar-refractivity contribution is -0.137. The summed E-state index contributed by atoms with van der Waals surface area (Å²) in [5, 5.41) is 7.71. The fourth-order valence-electron chi connectivity index (χ4n) is 3.12. The summed E-state index contributed by atoms with van der Waals surface area (Å²) in [5.41, 5.74) is -1.62. The zero-order valence-electron chi connectivity index (χ0n) is 18.4. The Bertz CT molecular complexity index is 1110. The average molecular weight is 484 g/mol. The molecule has 0 aliphatic heterocycles. The summed E-state index contributed by atoms with van der Waals surface area (Å²) in [4.78, 5) is 23.0. The zero-order chi connectivity index (χ0) is 25.1. The monoisotopic (exact) mass is 484 g/mol. The van der Waals surface area contributed by atoms with Crippen LogP contribution in [0.2, 0.25) is 0 Å². The van der Waals surface area contributed by atoms with E-state index in [2.05, 4.69) is 20.2 Å². The van der Waals surface area contributed by atoms with E-state index in [0.717, 1.165) is 35.4 Å². The summed E-state index contributed by atoms with van der Waals surface area (Å²) in [7, 11) is 0. The summed E-state index contributed by atoms with van der Waals surface area (Å²) >= 11 is 0. The van der Waals surface area contributed by atoms with E-state index in [1.54, 1.807) is 13.8 Å². The highest BCUT2D eigenvalue weighted by molar-refractivity contribution is 5.98. The molecule has 1 amide bonds. The lowest BCUT2D eigenvalue weighted by Gasteiger charge is -2.28. The summed E-state index contributed by atoms with van der Waals surface area (Å²) < 4.78 is 71.7. The van der Waals surface area contributed by atoms with Gasteiger partial charge < -0.3 is 9.64 Å². The smallest absolute Gasteiger partial charge is 0.416 e. The maximum Gasteiger partial charge on any atom is 0.416 e. The van der Waals surface area contributed by atoms with Crippen molar-refractivity contribution in [2.45, 2.75) is 38.9 Å². The van der Waals surface area contributed by atoms with E-state index in [0.29, 0.717) is 6.92 Å². The Labute approximate surface area is 191 Å². The SMILES string of the molecule is CCN(C(=O)c1ccc(C(F)(F)F)cc1-n1nccn1)C(C)COc1cnc(C(C)(F)F)cn1. The second kappa shape index (κ2) is 9.69. The number of benzene rings is 1. The van der Waals surface area contributed by atoms with Gasteiger partial charge in [0.05, 0.1) is 47.6 Å². The third-order valence-corrected chi connectivity index (χ3v) is 4.87. The molecule has 34 heavy (non-hydrogen) atoms. The quantitative estimate of drug-likeness (QED) is 0.447. The number of alkyl halides is 5. The molecule has 0 fully saturated rings. The summed E-state index contributed by atoms with van der Waals surface area (Å²) in [6, 6.07) is 2.15. The van der Waals surface area contributed by atoms with E-state index in [9.17, 15) is 26.7 Å². The number of rotatable bonds is 8. The van der Waals surface area contributed by atoms with E-state index in [-0.39, 0.29) is 30.3 Å². The topological polar surface area (TPSA) is 86.0 Å². The van der Waals surface area contributed by atoms with Gasteiger partial charge in [-0.2, -0.15) is 36.9 Å². The summed E-state index contributed by atoms with van der Waals surface area (Å²) in [5.74, 6) is -3.72. The Hall–Kier alpha value is -3.64. The summed E-state index contributed by atoms with van der Waals surface area (Å²) in [6.45, 7) is 4.20. The number of ether oxygens (including phenoxy) is 1. The molecule has 2 aromatic heterocycles. The first kappa shape index (κ1) is 25.0. The Balaban J connectivity index is 1.80. The fraction of sp³-hybridized carbons (Fsp3) is 0.381. The maximum atomic E-state index is 13.3. The molecular formula is C21H21F5N6O2. The molecule has 0 saturated carbocycles. The number of halogens is 5. The number of aromatic nitrogens is 5. The van der Waals surface area contributed by atoms with E-state index in [4.69, 9.17) is 4.74 Å². The van der Waals surface area contributed by atoms with Crippen LogP contribution in [0.15, 0.2) is 43.0 Å². The first-order chi connectivity index (χ1) is 15.9. The number of hydrogen-bond donors (Lipinski definition) is 0. The molecule has 182 valence electrons. The third-order valence-electron chi connectivity index (χ3n) is 4.87. The van der Waals surface area contributed by atoms with Crippen LogP contribution in [0.5, 0.6) is 5.88 Å². The number of nitrogens with zero attached hydrogens (tertiary/aromatic N) is 6. The average Bonchev–Trinajstić information content (AvgIpc) is 3.31. The molecule has 0 saturated heterocycles.